The van der Waals surface area contributed by atoms with Crippen LogP contribution in [0.25, 0.3) is 0 Å². The van der Waals surface area contributed by atoms with Crippen LogP contribution in [-0.2, 0) is 30.1 Å². The van der Waals surface area contributed by atoms with Crippen LogP contribution in [0.3, 0.4) is 0 Å². The molecule has 2 aromatic carbocycles. The van der Waals surface area contributed by atoms with Crippen LogP contribution in [-0.4, -0.2) is 46.9 Å². The summed E-state index contributed by atoms with van der Waals surface area (Å²) in [4.78, 5) is 14.8. The zero-order chi connectivity index (χ0) is 20.7. The SMILES string of the molecule is CCC(COC(=O)c1cc(CO)c(CO)c(CO)c1)(c1ccccc1)N(C)C. The van der Waals surface area contributed by atoms with Gasteiger partial charge in [-0.05, 0) is 54.9 Å². The first-order valence-electron chi connectivity index (χ1n) is 9.30. The minimum atomic E-state index is -0.538. The Morgan fingerprint density at radius 1 is 1.00 bits per heavy atom. The second-order valence-electron chi connectivity index (χ2n) is 6.97. The average molecular weight is 387 g/mol. The first-order chi connectivity index (χ1) is 13.4. The highest BCUT2D eigenvalue weighted by atomic mass is 16.5. The highest BCUT2D eigenvalue weighted by Crippen LogP contribution is 2.31. The van der Waals surface area contributed by atoms with Gasteiger partial charge in [0.1, 0.15) is 6.61 Å². The van der Waals surface area contributed by atoms with Crippen LogP contribution < -0.4 is 0 Å². The Kier molecular flexibility index (Phi) is 7.71. The Morgan fingerprint density at radius 2 is 1.57 bits per heavy atom. The summed E-state index contributed by atoms with van der Waals surface area (Å²) >= 11 is 0. The van der Waals surface area contributed by atoms with E-state index in [-0.39, 0.29) is 32.0 Å². The largest absolute Gasteiger partial charge is 0.460 e. The van der Waals surface area contributed by atoms with Crippen LogP contribution in [0, 0.1) is 0 Å². The molecule has 0 heterocycles. The highest BCUT2D eigenvalue weighted by molar-refractivity contribution is 5.90. The summed E-state index contributed by atoms with van der Waals surface area (Å²) < 4.78 is 5.67. The number of hydrogen-bond acceptors (Lipinski definition) is 6. The molecule has 0 bridgehead atoms. The quantitative estimate of drug-likeness (QED) is 0.572. The zero-order valence-corrected chi connectivity index (χ0v) is 16.7. The minimum absolute atomic E-state index is 0.157. The predicted octanol–water partition coefficient (Wildman–Crippen LogP) is 2.19. The van der Waals surface area contributed by atoms with E-state index in [9.17, 15) is 20.1 Å². The molecule has 0 amide bonds. The number of esters is 1. The van der Waals surface area contributed by atoms with Gasteiger partial charge in [-0.25, -0.2) is 4.79 Å². The molecule has 0 aliphatic heterocycles. The Morgan fingerprint density at radius 3 is 2.00 bits per heavy atom. The van der Waals surface area contributed by atoms with Crippen molar-refractivity contribution >= 4 is 5.97 Å². The number of carbonyl (C=O) groups excluding carboxylic acids is 1. The third kappa shape index (κ3) is 4.42. The number of hydrogen-bond donors (Lipinski definition) is 3. The number of aliphatic hydroxyl groups is 3. The molecule has 28 heavy (non-hydrogen) atoms. The van der Waals surface area contributed by atoms with Gasteiger partial charge in [-0.3, -0.25) is 4.90 Å². The van der Waals surface area contributed by atoms with Crippen molar-refractivity contribution in [2.75, 3.05) is 20.7 Å². The van der Waals surface area contributed by atoms with Crippen LogP contribution in [0.4, 0.5) is 0 Å². The molecule has 0 spiro atoms. The van der Waals surface area contributed by atoms with Crippen LogP contribution in [0.5, 0.6) is 0 Å². The van der Waals surface area contributed by atoms with Crippen molar-refractivity contribution in [1.29, 1.82) is 0 Å². The third-order valence-electron chi connectivity index (χ3n) is 5.36. The van der Waals surface area contributed by atoms with Gasteiger partial charge >= 0.3 is 5.97 Å². The normalized spacial score (nSPS) is 13.4. The molecule has 2 rings (SSSR count). The molecule has 0 radical (unpaired) electrons. The summed E-state index contributed by atoms with van der Waals surface area (Å²) in [6.45, 7) is 1.19. The van der Waals surface area contributed by atoms with E-state index in [0.717, 1.165) is 12.0 Å². The molecule has 6 nitrogen and oxygen atoms in total. The van der Waals surface area contributed by atoms with Gasteiger partial charge in [0.15, 0.2) is 0 Å². The number of rotatable bonds is 9. The van der Waals surface area contributed by atoms with E-state index < -0.39 is 11.5 Å². The molecule has 0 aliphatic carbocycles. The van der Waals surface area contributed by atoms with Gasteiger partial charge in [0.25, 0.3) is 0 Å². The van der Waals surface area contributed by atoms with Crippen molar-refractivity contribution in [3.8, 4) is 0 Å². The molecule has 3 N–H and O–H groups in total. The average Bonchev–Trinajstić information content (AvgIpc) is 2.73. The number of ether oxygens (including phenoxy) is 1. The minimum Gasteiger partial charge on any atom is -0.460 e. The molecule has 0 saturated heterocycles. The van der Waals surface area contributed by atoms with Crippen LogP contribution in [0.1, 0.15) is 46.0 Å². The highest BCUT2D eigenvalue weighted by Gasteiger charge is 2.34. The Labute approximate surface area is 166 Å². The first kappa shape index (κ1) is 22.0. The van der Waals surface area contributed by atoms with Crippen molar-refractivity contribution in [3.63, 3.8) is 0 Å². The van der Waals surface area contributed by atoms with Gasteiger partial charge in [-0.1, -0.05) is 37.3 Å². The van der Waals surface area contributed by atoms with Gasteiger partial charge in [0.2, 0.25) is 0 Å². The molecule has 0 fully saturated rings. The Hall–Kier alpha value is -2.25. The second kappa shape index (κ2) is 9.80. The molecule has 6 heteroatoms. The lowest BCUT2D eigenvalue weighted by molar-refractivity contribution is 0.0119. The summed E-state index contributed by atoms with van der Waals surface area (Å²) in [5.74, 6) is -0.538. The summed E-state index contributed by atoms with van der Waals surface area (Å²) in [7, 11) is 3.90. The summed E-state index contributed by atoms with van der Waals surface area (Å²) in [6, 6.07) is 12.9. The number of likely N-dealkylation sites (N-methyl/N-ethyl adjacent to an activating group) is 1. The number of carbonyl (C=O) groups is 1. The van der Waals surface area contributed by atoms with Crippen molar-refractivity contribution in [3.05, 3.63) is 70.3 Å². The summed E-state index contributed by atoms with van der Waals surface area (Å²) in [5.41, 5.74) is 2.06. The predicted molar refractivity (Wildman–Crippen MR) is 107 cm³/mol. The molecule has 2 aromatic rings. The lowest BCUT2D eigenvalue weighted by Gasteiger charge is -2.39. The summed E-state index contributed by atoms with van der Waals surface area (Å²) in [5, 5.41) is 28.6. The fraction of sp³-hybridized carbons (Fsp3) is 0.409. The maximum Gasteiger partial charge on any atom is 0.338 e. The van der Waals surface area contributed by atoms with E-state index in [4.69, 9.17) is 4.74 Å². The van der Waals surface area contributed by atoms with Crippen LogP contribution in [0.2, 0.25) is 0 Å². The third-order valence-corrected chi connectivity index (χ3v) is 5.36. The van der Waals surface area contributed by atoms with Crippen LogP contribution in [0.15, 0.2) is 42.5 Å². The van der Waals surface area contributed by atoms with Crippen molar-refractivity contribution < 1.29 is 24.9 Å². The van der Waals surface area contributed by atoms with Crippen LogP contribution >= 0.6 is 0 Å². The number of aliphatic hydroxyl groups excluding tert-OH is 3. The van der Waals surface area contributed by atoms with Crippen molar-refractivity contribution in [2.24, 2.45) is 0 Å². The van der Waals surface area contributed by atoms with E-state index in [1.807, 2.05) is 56.3 Å². The topological polar surface area (TPSA) is 90.2 Å². The van der Waals surface area contributed by atoms with E-state index in [1.54, 1.807) is 0 Å². The summed E-state index contributed by atoms with van der Waals surface area (Å²) in [6.07, 6.45) is 0.741. The monoisotopic (exact) mass is 387 g/mol. The lowest BCUT2D eigenvalue weighted by atomic mass is 9.86. The zero-order valence-electron chi connectivity index (χ0n) is 16.7. The fourth-order valence-electron chi connectivity index (χ4n) is 3.51. The van der Waals surface area contributed by atoms with E-state index in [0.29, 0.717) is 16.7 Å². The number of nitrogens with zero attached hydrogens (tertiary/aromatic N) is 1. The smallest absolute Gasteiger partial charge is 0.338 e. The maximum absolute atomic E-state index is 12.7. The number of benzene rings is 2. The fourth-order valence-corrected chi connectivity index (χ4v) is 3.51. The molecular formula is C22H29NO5. The van der Waals surface area contributed by atoms with E-state index >= 15 is 0 Å². The molecule has 1 unspecified atom stereocenters. The maximum atomic E-state index is 12.7. The molecule has 0 aliphatic rings. The molecule has 152 valence electrons. The molecule has 0 aromatic heterocycles. The van der Waals surface area contributed by atoms with Gasteiger partial charge in [-0.2, -0.15) is 0 Å². The molecular weight excluding hydrogens is 358 g/mol. The van der Waals surface area contributed by atoms with Gasteiger partial charge in [-0.15, -0.1) is 0 Å². The lowest BCUT2D eigenvalue weighted by Crippen LogP contribution is -2.45. The standard InChI is InChI=1S/C22H29NO5/c1-4-22(23(2)3,19-8-6-5-7-9-19)15-28-21(27)16-10-17(12-24)20(14-26)18(11-16)13-25/h5-11,24-26H,4,12-15H2,1-3H3. The van der Waals surface area contributed by atoms with Crippen molar-refractivity contribution in [1.82, 2.24) is 4.90 Å². The first-order valence-corrected chi connectivity index (χ1v) is 9.30. The molecule has 1 atom stereocenters. The Balaban J connectivity index is 2.31. The van der Waals surface area contributed by atoms with E-state index in [2.05, 4.69) is 0 Å². The van der Waals surface area contributed by atoms with Gasteiger partial charge in [0, 0.05) is 0 Å². The molecule has 0 saturated carbocycles. The Bertz CT molecular complexity index is 766. The van der Waals surface area contributed by atoms with Gasteiger partial charge < -0.3 is 20.1 Å². The van der Waals surface area contributed by atoms with Crippen molar-refractivity contribution in [2.45, 2.75) is 38.7 Å². The van der Waals surface area contributed by atoms with Gasteiger partial charge in [0.05, 0.1) is 30.9 Å². The second-order valence-corrected chi connectivity index (χ2v) is 6.97. The van der Waals surface area contributed by atoms with E-state index in [1.165, 1.54) is 12.1 Å².